The van der Waals surface area contributed by atoms with Crippen LogP contribution in [0.3, 0.4) is 0 Å². The van der Waals surface area contributed by atoms with Crippen molar-refractivity contribution in [3.63, 3.8) is 0 Å². The fourth-order valence-electron chi connectivity index (χ4n) is 0. The van der Waals surface area contributed by atoms with Crippen molar-refractivity contribution in [1.29, 1.82) is 0 Å². The van der Waals surface area contributed by atoms with Crippen LogP contribution in [0.2, 0.25) is 5.21 Å². The summed E-state index contributed by atoms with van der Waals surface area (Å²) >= 11 is 1.71. The minimum absolute atomic E-state index is 0. The van der Waals surface area contributed by atoms with Gasteiger partial charge in [0.25, 0.3) is 0 Å². The van der Waals surface area contributed by atoms with E-state index in [1.165, 1.54) is 0 Å². The number of rotatable bonds is 1. The summed E-state index contributed by atoms with van der Waals surface area (Å²) in [7, 11) is 0. The van der Waals surface area contributed by atoms with E-state index in [0.717, 1.165) is 5.21 Å². The molecule has 0 aromatic carbocycles. The van der Waals surface area contributed by atoms with E-state index >= 15 is 0 Å². The van der Waals surface area contributed by atoms with Crippen LogP contribution in [-0.4, -0.2) is 16.9 Å². The van der Waals surface area contributed by atoms with Gasteiger partial charge < -0.3 is 0 Å². The number of allylic oxidation sites excluding steroid dienone is 1. The zero-order valence-electron chi connectivity index (χ0n) is 2.98. The molecule has 32 valence electrons. The predicted molar refractivity (Wildman–Crippen MR) is 30.8 cm³/mol. The van der Waals surface area contributed by atoms with Crippen molar-refractivity contribution in [2.75, 3.05) is 0 Å². The normalized spacial score (nSPS) is 5.00. The van der Waals surface area contributed by atoms with Crippen molar-refractivity contribution in [2.45, 2.75) is 5.21 Å². The van der Waals surface area contributed by atoms with Crippen molar-refractivity contribution in [3.8, 4) is 0 Å². The van der Waals surface area contributed by atoms with E-state index in [-0.39, 0.29) is 12.4 Å². The molecule has 0 bridgehead atoms. The molecule has 0 spiro atoms. The van der Waals surface area contributed by atoms with Crippen LogP contribution in [0.5, 0.6) is 0 Å². The molecule has 0 saturated heterocycles. The van der Waals surface area contributed by atoms with E-state index in [4.69, 9.17) is 0 Å². The molecular formula is C3H8AsCl. The van der Waals surface area contributed by atoms with Crippen LogP contribution in [0, 0.1) is 0 Å². The second-order valence-electron chi connectivity index (χ2n) is 0.524. The average Bonchev–Trinajstić information content (AvgIpc) is 1.37. The second-order valence-corrected chi connectivity index (χ2v) is 1.51. The van der Waals surface area contributed by atoms with Crippen LogP contribution >= 0.6 is 12.4 Å². The fourth-order valence-corrected chi connectivity index (χ4v) is 0. The summed E-state index contributed by atoms with van der Waals surface area (Å²) in [6.07, 6.45) is 1.90. The van der Waals surface area contributed by atoms with Gasteiger partial charge in [0.2, 0.25) is 0 Å². The molecule has 0 aliphatic heterocycles. The van der Waals surface area contributed by atoms with Gasteiger partial charge in [-0.2, -0.15) is 0 Å². The van der Waals surface area contributed by atoms with Gasteiger partial charge in [0.1, 0.15) is 0 Å². The molecule has 5 heavy (non-hydrogen) atoms. The van der Waals surface area contributed by atoms with Crippen molar-refractivity contribution < 1.29 is 0 Å². The molecule has 0 rings (SSSR count). The Morgan fingerprint density at radius 1 is 1.80 bits per heavy atom. The first-order chi connectivity index (χ1) is 1.91. The molecule has 2 heteroatoms. The maximum atomic E-state index is 3.49. The Hall–Kier alpha value is 0.588. The fraction of sp³-hybridized carbons (Fsp3) is 0.333. The van der Waals surface area contributed by atoms with Gasteiger partial charge in [0.05, 0.1) is 0 Å². The van der Waals surface area contributed by atoms with Gasteiger partial charge in [-0.3, -0.25) is 0 Å². The number of halogens is 1. The first-order valence-corrected chi connectivity index (χ1v) is 2.94. The molecule has 0 fully saturated rings. The van der Waals surface area contributed by atoms with Crippen LogP contribution in [0.25, 0.3) is 0 Å². The quantitative estimate of drug-likeness (QED) is 0.384. The van der Waals surface area contributed by atoms with Gasteiger partial charge in [-0.15, -0.1) is 12.4 Å². The third kappa shape index (κ3) is 12.2. The monoisotopic (exact) mass is 154 g/mol. The van der Waals surface area contributed by atoms with Gasteiger partial charge in [-0.05, 0) is 0 Å². The van der Waals surface area contributed by atoms with Gasteiger partial charge >= 0.3 is 34.7 Å². The topological polar surface area (TPSA) is 0 Å². The van der Waals surface area contributed by atoms with E-state index in [2.05, 4.69) is 6.58 Å². The minimum atomic E-state index is 0. The summed E-state index contributed by atoms with van der Waals surface area (Å²) in [5.74, 6) is 0. The van der Waals surface area contributed by atoms with Crippen molar-refractivity contribution in [2.24, 2.45) is 0 Å². The molecule has 0 aromatic rings. The molecular weight excluding hydrogens is 146 g/mol. The molecule has 0 radical (unpaired) electrons. The van der Waals surface area contributed by atoms with E-state index in [1.54, 1.807) is 16.9 Å². The Bertz CT molecular complexity index is 20.9. The molecule has 0 saturated carbocycles. The molecule has 0 nitrogen and oxygen atoms in total. The molecule has 1 atom stereocenters. The smallest absolute Gasteiger partial charge is 0.147 e. The molecule has 0 aliphatic rings. The minimum Gasteiger partial charge on any atom is -0.147 e. The summed E-state index contributed by atoms with van der Waals surface area (Å²) in [6.45, 7) is 3.49. The third-order valence-electron chi connectivity index (χ3n) is 0.167. The maximum absolute atomic E-state index is 3.49. The molecule has 0 amide bonds. The molecule has 0 N–H and O–H groups in total. The number of hydrogen-bond acceptors (Lipinski definition) is 0. The van der Waals surface area contributed by atoms with E-state index in [0.29, 0.717) is 0 Å². The van der Waals surface area contributed by atoms with Gasteiger partial charge in [-0.1, -0.05) is 0 Å². The van der Waals surface area contributed by atoms with Crippen molar-refractivity contribution >= 4 is 29.3 Å². The number of hydrogen-bond donors (Lipinski definition) is 0. The van der Waals surface area contributed by atoms with Crippen molar-refractivity contribution in [3.05, 3.63) is 12.7 Å². The zero-order chi connectivity index (χ0) is 3.41. The molecule has 0 aliphatic carbocycles. The van der Waals surface area contributed by atoms with E-state index in [9.17, 15) is 0 Å². The van der Waals surface area contributed by atoms with Crippen LogP contribution in [0.15, 0.2) is 12.7 Å². The van der Waals surface area contributed by atoms with Crippen molar-refractivity contribution in [1.82, 2.24) is 0 Å². The Morgan fingerprint density at radius 3 is 2.00 bits per heavy atom. The second kappa shape index (κ2) is 8.82. The average molecular weight is 154 g/mol. The van der Waals surface area contributed by atoms with Gasteiger partial charge in [-0.25, -0.2) is 0 Å². The third-order valence-corrected chi connectivity index (χ3v) is 0.866. The van der Waals surface area contributed by atoms with Gasteiger partial charge in [0, 0.05) is 0 Å². The summed E-state index contributed by atoms with van der Waals surface area (Å²) in [5, 5.41) is 1.15. The first-order valence-electron chi connectivity index (χ1n) is 1.22. The first kappa shape index (κ1) is 9.14. The Labute approximate surface area is 47.6 Å². The summed E-state index contributed by atoms with van der Waals surface area (Å²) < 4.78 is 0. The van der Waals surface area contributed by atoms with Crippen LogP contribution in [-0.2, 0) is 0 Å². The van der Waals surface area contributed by atoms with Crippen LogP contribution < -0.4 is 0 Å². The molecule has 0 heterocycles. The predicted octanol–water partition coefficient (Wildman–Crippen LogP) is 0.646. The SMILES string of the molecule is C=CC[AsH2].Cl. The summed E-state index contributed by atoms with van der Waals surface area (Å²) in [5.41, 5.74) is 0. The van der Waals surface area contributed by atoms with Crippen LogP contribution in [0.4, 0.5) is 0 Å². The van der Waals surface area contributed by atoms with E-state index in [1.807, 2.05) is 6.08 Å². The summed E-state index contributed by atoms with van der Waals surface area (Å²) in [4.78, 5) is 0. The van der Waals surface area contributed by atoms with Gasteiger partial charge in [0.15, 0.2) is 0 Å². The summed E-state index contributed by atoms with van der Waals surface area (Å²) in [6, 6.07) is 0. The zero-order valence-corrected chi connectivity index (χ0v) is 6.22. The molecule has 0 aromatic heterocycles. The maximum Gasteiger partial charge on any atom is -0.147 e. The Morgan fingerprint density at radius 2 is 2.00 bits per heavy atom. The Kier molecular flexibility index (Phi) is 16.1. The molecule has 1 unspecified atom stereocenters. The largest absolute Gasteiger partial charge is 0.147 e. The Balaban J connectivity index is 0. The van der Waals surface area contributed by atoms with E-state index < -0.39 is 0 Å². The standard InChI is InChI=1S/C3H7As.ClH/c1-2-3-4;/h2H,1,3-4H2;1H. The van der Waals surface area contributed by atoms with Crippen LogP contribution in [0.1, 0.15) is 0 Å².